The lowest BCUT2D eigenvalue weighted by Crippen LogP contribution is -2.53. The molecule has 0 saturated carbocycles. The topological polar surface area (TPSA) is 64.3 Å². The molecule has 118 valence electrons. The molecule has 2 aliphatic heterocycles. The molecule has 1 saturated heterocycles. The summed E-state index contributed by atoms with van der Waals surface area (Å²) in [4.78, 5) is 10.8. The quantitative estimate of drug-likeness (QED) is 0.941. The van der Waals surface area contributed by atoms with Crippen molar-refractivity contribution >= 4 is 11.5 Å². The van der Waals surface area contributed by atoms with Crippen LogP contribution in [0.2, 0.25) is 0 Å². The summed E-state index contributed by atoms with van der Waals surface area (Å²) in [6.07, 6.45) is 6.89. The van der Waals surface area contributed by atoms with E-state index >= 15 is 0 Å². The predicted octanol–water partition coefficient (Wildman–Crippen LogP) is 2.12. The van der Waals surface area contributed by atoms with Gasteiger partial charge in [-0.1, -0.05) is 36.4 Å². The molecule has 3 heterocycles. The molecule has 0 radical (unpaired) electrons. The first-order chi connectivity index (χ1) is 11.3. The number of nitrogens with two attached hydrogens (primary N) is 1. The van der Waals surface area contributed by atoms with Crippen LogP contribution >= 0.6 is 0 Å². The van der Waals surface area contributed by atoms with Crippen molar-refractivity contribution in [1.29, 1.82) is 0 Å². The van der Waals surface area contributed by atoms with Crippen molar-refractivity contribution in [2.24, 2.45) is 0 Å². The average Bonchev–Trinajstić information content (AvgIpc) is 2.56. The highest BCUT2D eigenvalue weighted by molar-refractivity contribution is 5.67. The van der Waals surface area contributed by atoms with E-state index in [9.17, 15) is 0 Å². The molecule has 2 bridgehead atoms. The van der Waals surface area contributed by atoms with Gasteiger partial charge in [0, 0.05) is 30.5 Å². The van der Waals surface area contributed by atoms with Crippen molar-refractivity contribution < 1.29 is 4.74 Å². The van der Waals surface area contributed by atoms with Crippen LogP contribution in [0.5, 0.6) is 0 Å². The van der Waals surface area contributed by atoms with Gasteiger partial charge >= 0.3 is 0 Å². The molecule has 23 heavy (non-hydrogen) atoms. The fourth-order valence-electron chi connectivity index (χ4n) is 3.42. The monoisotopic (exact) mass is 308 g/mol. The molecule has 2 aromatic rings. The van der Waals surface area contributed by atoms with Crippen LogP contribution in [0.25, 0.3) is 5.57 Å². The summed E-state index contributed by atoms with van der Waals surface area (Å²) in [7, 11) is 0. The van der Waals surface area contributed by atoms with Crippen LogP contribution in [-0.2, 0) is 11.3 Å². The van der Waals surface area contributed by atoms with Crippen molar-refractivity contribution in [3.8, 4) is 0 Å². The summed E-state index contributed by atoms with van der Waals surface area (Å²) >= 11 is 0. The Balaban J connectivity index is 1.59. The average molecular weight is 308 g/mol. The second-order valence-electron chi connectivity index (χ2n) is 6.14. The van der Waals surface area contributed by atoms with Crippen molar-refractivity contribution in [1.82, 2.24) is 14.9 Å². The number of anilines is 1. The first-order valence-corrected chi connectivity index (χ1v) is 7.95. The van der Waals surface area contributed by atoms with Crippen LogP contribution in [0.15, 0.2) is 48.8 Å². The molecule has 2 unspecified atom stereocenters. The Labute approximate surface area is 135 Å². The third-order valence-electron chi connectivity index (χ3n) is 4.59. The van der Waals surface area contributed by atoms with Crippen LogP contribution in [0.3, 0.4) is 0 Å². The number of rotatable bonds is 3. The minimum absolute atomic E-state index is 0.301. The van der Waals surface area contributed by atoms with E-state index in [1.807, 2.05) is 12.4 Å². The van der Waals surface area contributed by atoms with Crippen LogP contribution < -0.4 is 5.73 Å². The molecule has 2 atom stereocenters. The molecule has 2 N–H and O–H groups in total. The summed E-state index contributed by atoms with van der Waals surface area (Å²) < 4.78 is 5.77. The molecule has 0 spiro atoms. The minimum Gasteiger partial charge on any atom is -0.378 e. The Hall–Kier alpha value is -2.24. The third kappa shape index (κ3) is 2.98. The van der Waals surface area contributed by atoms with Gasteiger partial charge in [-0.25, -0.2) is 9.97 Å². The lowest BCUT2D eigenvalue weighted by Gasteiger charge is -2.44. The molecule has 4 rings (SSSR count). The summed E-state index contributed by atoms with van der Waals surface area (Å²) in [5.74, 6) is 0.319. The maximum absolute atomic E-state index is 5.77. The van der Waals surface area contributed by atoms with Crippen LogP contribution in [0.4, 0.5) is 5.95 Å². The van der Waals surface area contributed by atoms with Gasteiger partial charge in [-0.15, -0.1) is 0 Å². The van der Waals surface area contributed by atoms with E-state index in [0.29, 0.717) is 18.0 Å². The lowest BCUT2D eigenvalue weighted by molar-refractivity contribution is -0.0402. The largest absolute Gasteiger partial charge is 0.378 e. The summed E-state index contributed by atoms with van der Waals surface area (Å²) in [5, 5.41) is 0. The molecule has 2 aliphatic rings. The fraction of sp³-hybridized carbons (Fsp3) is 0.333. The van der Waals surface area contributed by atoms with Crippen molar-refractivity contribution in [2.75, 3.05) is 18.9 Å². The molecular weight excluding hydrogens is 288 g/mol. The zero-order valence-electron chi connectivity index (χ0n) is 12.9. The van der Waals surface area contributed by atoms with Gasteiger partial charge in [-0.05, 0) is 17.6 Å². The van der Waals surface area contributed by atoms with Crippen LogP contribution in [0.1, 0.15) is 17.5 Å². The number of nitrogen functional groups attached to an aromatic ring is 1. The predicted molar refractivity (Wildman–Crippen MR) is 89.4 cm³/mol. The summed E-state index contributed by atoms with van der Waals surface area (Å²) in [6, 6.07) is 11.3. The number of aromatic nitrogens is 2. The molecular formula is C18H20N4O. The number of hydrogen-bond donors (Lipinski definition) is 1. The Bertz CT molecular complexity index is 699. The van der Waals surface area contributed by atoms with Gasteiger partial charge in [0.2, 0.25) is 5.95 Å². The van der Waals surface area contributed by atoms with Crippen molar-refractivity contribution in [3.05, 3.63) is 59.9 Å². The molecule has 1 aromatic carbocycles. The molecule has 0 amide bonds. The van der Waals surface area contributed by atoms with Gasteiger partial charge in [0.1, 0.15) is 0 Å². The van der Waals surface area contributed by atoms with E-state index in [4.69, 9.17) is 10.5 Å². The molecule has 1 fully saturated rings. The zero-order valence-corrected chi connectivity index (χ0v) is 12.9. The molecule has 5 heteroatoms. The Morgan fingerprint density at radius 3 is 2.65 bits per heavy atom. The van der Waals surface area contributed by atoms with Gasteiger partial charge in [-0.3, -0.25) is 4.90 Å². The third-order valence-corrected chi connectivity index (χ3v) is 4.59. The van der Waals surface area contributed by atoms with Gasteiger partial charge in [0.05, 0.1) is 19.3 Å². The summed E-state index contributed by atoms with van der Waals surface area (Å²) in [6.45, 7) is 2.47. The second-order valence-corrected chi connectivity index (χ2v) is 6.14. The normalized spacial score (nSPS) is 24.3. The van der Waals surface area contributed by atoms with Gasteiger partial charge < -0.3 is 10.5 Å². The number of fused-ring (bicyclic) bond motifs is 2. The highest BCUT2D eigenvalue weighted by atomic mass is 16.5. The van der Waals surface area contributed by atoms with Crippen LogP contribution in [0, 0.1) is 0 Å². The number of benzene rings is 1. The number of morpholine rings is 1. The van der Waals surface area contributed by atoms with Crippen molar-refractivity contribution in [2.45, 2.75) is 25.0 Å². The highest BCUT2D eigenvalue weighted by Crippen LogP contribution is 2.33. The smallest absolute Gasteiger partial charge is 0.219 e. The van der Waals surface area contributed by atoms with E-state index in [1.54, 1.807) is 0 Å². The number of nitrogens with zero attached hydrogens (tertiary/aromatic N) is 3. The van der Waals surface area contributed by atoms with E-state index in [1.165, 1.54) is 11.1 Å². The van der Waals surface area contributed by atoms with Gasteiger partial charge in [0.15, 0.2) is 0 Å². The lowest BCUT2D eigenvalue weighted by atomic mass is 9.90. The van der Waals surface area contributed by atoms with E-state index in [-0.39, 0.29) is 0 Å². The Kier molecular flexibility index (Phi) is 3.81. The second kappa shape index (κ2) is 6.10. The standard InChI is InChI=1S/C18H20N4O/c19-18-20-8-15(9-21-18)14-6-16-11-23-12-17(7-14)22(16)10-13-4-2-1-3-5-13/h1-6,8-9,16-17H,7,10-12H2,(H2,19,20,21). The number of hydrogen-bond acceptors (Lipinski definition) is 5. The van der Waals surface area contributed by atoms with Crippen molar-refractivity contribution in [3.63, 3.8) is 0 Å². The first-order valence-electron chi connectivity index (χ1n) is 7.95. The SMILES string of the molecule is Nc1ncc(C2=CC3COCC(C2)N3Cc2ccccc2)cn1. The Morgan fingerprint density at radius 1 is 1.13 bits per heavy atom. The maximum Gasteiger partial charge on any atom is 0.219 e. The van der Waals surface area contributed by atoms with E-state index in [2.05, 4.69) is 51.3 Å². The van der Waals surface area contributed by atoms with E-state index < -0.39 is 0 Å². The summed E-state index contributed by atoms with van der Waals surface area (Å²) in [5.41, 5.74) is 9.29. The highest BCUT2D eigenvalue weighted by Gasteiger charge is 2.34. The van der Waals surface area contributed by atoms with E-state index in [0.717, 1.165) is 31.7 Å². The zero-order chi connectivity index (χ0) is 15.6. The maximum atomic E-state index is 5.77. The molecule has 0 aliphatic carbocycles. The Morgan fingerprint density at radius 2 is 1.91 bits per heavy atom. The number of ether oxygens (including phenoxy) is 1. The van der Waals surface area contributed by atoms with Gasteiger partial charge in [0.25, 0.3) is 0 Å². The molecule has 5 nitrogen and oxygen atoms in total. The van der Waals surface area contributed by atoms with Crippen LogP contribution in [-0.4, -0.2) is 40.2 Å². The minimum atomic E-state index is 0.301. The van der Waals surface area contributed by atoms with Gasteiger partial charge in [-0.2, -0.15) is 0 Å². The fourth-order valence-corrected chi connectivity index (χ4v) is 3.42. The molecule has 1 aromatic heterocycles. The first kappa shape index (κ1) is 14.4.